The standard InChI is InChI=1S/C10H14N2OS/c1-7-3-4-14-9(7)10(13)12(2)8-5-11-6-8/h3-4,8,11H,5-6H2,1-2H3. The summed E-state index contributed by atoms with van der Waals surface area (Å²) in [5.74, 6) is 0.156. The maximum atomic E-state index is 12.0. The Labute approximate surface area is 87.7 Å². The number of amides is 1. The lowest BCUT2D eigenvalue weighted by molar-refractivity contribution is 0.0685. The van der Waals surface area contributed by atoms with Crippen molar-refractivity contribution < 1.29 is 4.79 Å². The Hall–Kier alpha value is -0.870. The molecule has 0 spiro atoms. The molecule has 0 aromatic carbocycles. The lowest BCUT2D eigenvalue weighted by Gasteiger charge is -2.35. The van der Waals surface area contributed by atoms with Gasteiger partial charge in [0.15, 0.2) is 0 Å². The maximum Gasteiger partial charge on any atom is 0.264 e. The van der Waals surface area contributed by atoms with Crippen LogP contribution in [0.5, 0.6) is 0 Å². The van der Waals surface area contributed by atoms with Gasteiger partial charge in [0.05, 0.1) is 10.9 Å². The van der Waals surface area contributed by atoms with E-state index in [0.717, 1.165) is 23.5 Å². The minimum absolute atomic E-state index is 0.156. The Balaban J connectivity index is 2.11. The molecule has 1 aliphatic rings. The van der Waals surface area contributed by atoms with Crippen LogP contribution in [0, 0.1) is 6.92 Å². The summed E-state index contributed by atoms with van der Waals surface area (Å²) in [6.07, 6.45) is 0. The zero-order valence-electron chi connectivity index (χ0n) is 8.41. The topological polar surface area (TPSA) is 32.3 Å². The second-order valence-corrected chi connectivity index (χ2v) is 4.58. The van der Waals surface area contributed by atoms with Gasteiger partial charge in [-0.3, -0.25) is 4.79 Å². The van der Waals surface area contributed by atoms with E-state index in [0.29, 0.717) is 6.04 Å². The molecule has 1 aromatic rings. The average Bonchev–Trinajstić information content (AvgIpc) is 2.47. The fraction of sp³-hybridized carbons (Fsp3) is 0.500. The normalized spacial score (nSPS) is 16.4. The van der Waals surface area contributed by atoms with E-state index in [1.54, 1.807) is 0 Å². The Kier molecular flexibility index (Phi) is 2.56. The number of carbonyl (C=O) groups excluding carboxylic acids is 1. The molecule has 1 aliphatic heterocycles. The van der Waals surface area contributed by atoms with E-state index in [-0.39, 0.29) is 5.91 Å². The molecule has 0 atom stereocenters. The van der Waals surface area contributed by atoms with Gasteiger partial charge in [-0.25, -0.2) is 0 Å². The van der Waals surface area contributed by atoms with E-state index in [1.165, 1.54) is 11.3 Å². The van der Waals surface area contributed by atoms with Crippen LogP contribution >= 0.6 is 11.3 Å². The van der Waals surface area contributed by atoms with Gasteiger partial charge in [0.25, 0.3) is 5.91 Å². The summed E-state index contributed by atoms with van der Waals surface area (Å²) < 4.78 is 0. The van der Waals surface area contributed by atoms with Crippen LogP contribution < -0.4 is 5.32 Å². The molecule has 4 heteroatoms. The smallest absolute Gasteiger partial charge is 0.264 e. The molecule has 1 amide bonds. The van der Waals surface area contributed by atoms with Gasteiger partial charge in [0.2, 0.25) is 0 Å². The van der Waals surface area contributed by atoms with Gasteiger partial charge in [0, 0.05) is 20.1 Å². The molecule has 0 radical (unpaired) electrons. The fourth-order valence-electron chi connectivity index (χ4n) is 1.47. The molecule has 2 rings (SSSR count). The third-order valence-electron chi connectivity index (χ3n) is 2.68. The maximum absolute atomic E-state index is 12.0. The van der Waals surface area contributed by atoms with Crippen LogP contribution in [0.2, 0.25) is 0 Å². The minimum atomic E-state index is 0.156. The zero-order chi connectivity index (χ0) is 10.1. The van der Waals surface area contributed by atoms with E-state index in [9.17, 15) is 4.79 Å². The molecule has 76 valence electrons. The van der Waals surface area contributed by atoms with Crippen LogP contribution in [0.25, 0.3) is 0 Å². The van der Waals surface area contributed by atoms with Crippen molar-refractivity contribution in [1.29, 1.82) is 0 Å². The van der Waals surface area contributed by atoms with Gasteiger partial charge in [-0.05, 0) is 23.9 Å². The number of likely N-dealkylation sites (N-methyl/N-ethyl adjacent to an activating group) is 1. The van der Waals surface area contributed by atoms with E-state index >= 15 is 0 Å². The first-order valence-electron chi connectivity index (χ1n) is 4.72. The van der Waals surface area contributed by atoms with Crippen LogP contribution in [-0.4, -0.2) is 37.0 Å². The first kappa shape index (κ1) is 9.68. The summed E-state index contributed by atoms with van der Waals surface area (Å²) in [5.41, 5.74) is 1.08. The number of rotatable bonds is 2. The van der Waals surface area contributed by atoms with Crippen LogP contribution in [0.1, 0.15) is 15.2 Å². The molecule has 0 unspecified atom stereocenters. The Bertz CT molecular complexity index is 344. The summed E-state index contributed by atoms with van der Waals surface area (Å²) >= 11 is 1.53. The number of hydrogen-bond acceptors (Lipinski definition) is 3. The number of nitrogens with zero attached hydrogens (tertiary/aromatic N) is 1. The quantitative estimate of drug-likeness (QED) is 0.793. The minimum Gasteiger partial charge on any atom is -0.335 e. The van der Waals surface area contributed by atoms with Gasteiger partial charge < -0.3 is 10.2 Å². The largest absolute Gasteiger partial charge is 0.335 e. The summed E-state index contributed by atoms with van der Waals surface area (Å²) in [4.78, 5) is 14.7. The van der Waals surface area contributed by atoms with Crippen molar-refractivity contribution in [3.05, 3.63) is 21.9 Å². The number of aryl methyl sites for hydroxylation is 1. The number of thiophene rings is 1. The van der Waals surface area contributed by atoms with Gasteiger partial charge in [0.1, 0.15) is 0 Å². The second-order valence-electron chi connectivity index (χ2n) is 3.66. The highest BCUT2D eigenvalue weighted by Crippen LogP contribution is 2.18. The Morgan fingerprint density at radius 1 is 1.64 bits per heavy atom. The van der Waals surface area contributed by atoms with Crippen LogP contribution in [0.15, 0.2) is 11.4 Å². The average molecular weight is 210 g/mol. The van der Waals surface area contributed by atoms with E-state index in [2.05, 4.69) is 5.32 Å². The molecule has 1 fully saturated rings. The van der Waals surface area contributed by atoms with Crippen LogP contribution in [0.3, 0.4) is 0 Å². The highest BCUT2D eigenvalue weighted by Gasteiger charge is 2.27. The Morgan fingerprint density at radius 3 is 2.79 bits per heavy atom. The van der Waals surface area contributed by atoms with Crippen molar-refractivity contribution in [2.45, 2.75) is 13.0 Å². The first-order valence-corrected chi connectivity index (χ1v) is 5.60. The van der Waals surface area contributed by atoms with Crippen molar-refractivity contribution in [1.82, 2.24) is 10.2 Å². The van der Waals surface area contributed by atoms with Crippen molar-refractivity contribution in [3.63, 3.8) is 0 Å². The van der Waals surface area contributed by atoms with Crippen molar-refractivity contribution in [3.8, 4) is 0 Å². The zero-order valence-corrected chi connectivity index (χ0v) is 9.23. The first-order chi connectivity index (χ1) is 6.70. The predicted molar refractivity (Wildman–Crippen MR) is 57.8 cm³/mol. The number of nitrogens with one attached hydrogen (secondary N) is 1. The summed E-state index contributed by atoms with van der Waals surface area (Å²) in [6, 6.07) is 2.37. The van der Waals surface area contributed by atoms with Crippen LogP contribution in [-0.2, 0) is 0 Å². The molecule has 2 heterocycles. The van der Waals surface area contributed by atoms with Gasteiger partial charge in [-0.2, -0.15) is 0 Å². The summed E-state index contributed by atoms with van der Waals surface area (Å²) in [5, 5.41) is 5.13. The van der Waals surface area contributed by atoms with E-state index in [1.807, 2.05) is 30.3 Å². The van der Waals surface area contributed by atoms with Crippen molar-refractivity contribution in [2.24, 2.45) is 0 Å². The molecule has 0 aliphatic carbocycles. The van der Waals surface area contributed by atoms with Gasteiger partial charge in [-0.15, -0.1) is 11.3 Å². The predicted octanol–water partition coefficient (Wildman–Crippen LogP) is 1.10. The van der Waals surface area contributed by atoms with Gasteiger partial charge in [-0.1, -0.05) is 0 Å². The van der Waals surface area contributed by atoms with Crippen molar-refractivity contribution in [2.75, 3.05) is 20.1 Å². The molecule has 1 saturated heterocycles. The Morgan fingerprint density at radius 2 is 2.36 bits per heavy atom. The van der Waals surface area contributed by atoms with Crippen LogP contribution in [0.4, 0.5) is 0 Å². The highest BCUT2D eigenvalue weighted by atomic mass is 32.1. The molecule has 1 N–H and O–H groups in total. The number of hydrogen-bond donors (Lipinski definition) is 1. The fourth-order valence-corrected chi connectivity index (χ4v) is 2.37. The molecular formula is C10H14N2OS. The highest BCUT2D eigenvalue weighted by molar-refractivity contribution is 7.12. The lowest BCUT2D eigenvalue weighted by Crippen LogP contribution is -2.57. The number of carbonyl (C=O) groups is 1. The molecule has 0 saturated carbocycles. The second kappa shape index (κ2) is 3.71. The third kappa shape index (κ3) is 1.55. The van der Waals surface area contributed by atoms with E-state index in [4.69, 9.17) is 0 Å². The molecule has 0 bridgehead atoms. The van der Waals surface area contributed by atoms with Crippen molar-refractivity contribution >= 4 is 17.2 Å². The summed E-state index contributed by atoms with van der Waals surface area (Å²) in [6.45, 7) is 3.83. The lowest BCUT2D eigenvalue weighted by atomic mass is 10.1. The SMILES string of the molecule is Cc1ccsc1C(=O)N(C)C1CNC1. The molecule has 14 heavy (non-hydrogen) atoms. The molecule has 1 aromatic heterocycles. The summed E-state index contributed by atoms with van der Waals surface area (Å²) in [7, 11) is 1.88. The monoisotopic (exact) mass is 210 g/mol. The van der Waals surface area contributed by atoms with Gasteiger partial charge >= 0.3 is 0 Å². The van der Waals surface area contributed by atoms with E-state index < -0.39 is 0 Å². The third-order valence-corrected chi connectivity index (χ3v) is 3.69. The molecule has 3 nitrogen and oxygen atoms in total. The molecular weight excluding hydrogens is 196 g/mol.